The molecule has 0 atom stereocenters. The quantitative estimate of drug-likeness (QED) is 0.554. The number of amides is 2. The summed E-state index contributed by atoms with van der Waals surface area (Å²) in [6.07, 6.45) is 3.07. The van der Waals surface area contributed by atoms with Gasteiger partial charge in [-0.05, 0) is 26.0 Å². The smallest absolute Gasteiger partial charge is 0.246 e. The molecule has 3 rings (SSSR count). The monoisotopic (exact) mass is 426 g/mol. The topological polar surface area (TPSA) is 97.6 Å². The number of carbonyl (C=O) groups excluding carboxylic acids is 2. The summed E-state index contributed by atoms with van der Waals surface area (Å²) in [4.78, 5) is 30.1. The van der Waals surface area contributed by atoms with E-state index in [1.165, 1.54) is 11.0 Å². The van der Waals surface area contributed by atoms with Crippen LogP contribution in [0.25, 0.3) is 6.08 Å². The highest BCUT2D eigenvalue weighted by atomic mass is 32.1. The minimum Gasteiger partial charge on any atom is -0.487 e. The number of hydrogen-bond donors (Lipinski definition) is 1. The predicted molar refractivity (Wildman–Crippen MR) is 114 cm³/mol. The Labute approximate surface area is 178 Å². The van der Waals surface area contributed by atoms with Gasteiger partial charge in [0, 0.05) is 30.1 Å². The number of aryl methyl sites for hydroxylation is 2. The van der Waals surface area contributed by atoms with Gasteiger partial charge in [0.25, 0.3) is 0 Å². The number of carbonyl (C=O) groups is 2. The maximum Gasteiger partial charge on any atom is 0.246 e. The van der Waals surface area contributed by atoms with E-state index in [0.29, 0.717) is 23.9 Å². The van der Waals surface area contributed by atoms with Gasteiger partial charge < -0.3 is 19.5 Å². The predicted octanol–water partition coefficient (Wildman–Crippen LogP) is 3.44. The molecule has 2 amide bonds. The number of likely N-dealkylation sites (N-methyl/N-ethyl adjacent to an activating group) is 1. The number of hydrogen-bond acceptors (Lipinski definition) is 7. The lowest BCUT2D eigenvalue weighted by atomic mass is 10.2. The Balaban J connectivity index is 1.56. The second kappa shape index (κ2) is 9.84. The molecule has 9 heteroatoms. The van der Waals surface area contributed by atoms with Crippen LogP contribution in [0.4, 0.5) is 5.82 Å². The average molecular weight is 426 g/mol. The number of anilines is 1. The Kier molecular flexibility index (Phi) is 6.97. The third kappa shape index (κ3) is 6.02. The number of ether oxygens (including phenoxy) is 1. The van der Waals surface area contributed by atoms with E-state index in [4.69, 9.17) is 9.26 Å². The van der Waals surface area contributed by atoms with Gasteiger partial charge >= 0.3 is 0 Å². The van der Waals surface area contributed by atoms with E-state index < -0.39 is 0 Å². The van der Waals surface area contributed by atoms with E-state index >= 15 is 0 Å². The number of nitrogens with one attached hydrogen (secondary N) is 1. The van der Waals surface area contributed by atoms with Crippen molar-refractivity contribution in [2.45, 2.75) is 20.5 Å². The van der Waals surface area contributed by atoms with Crippen LogP contribution in [0.2, 0.25) is 0 Å². The Morgan fingerprint density at radius 2 is 2.10 bits per heavy atom. The molecule has 0 saturated heterocycles. The van der Waals surface area contributed by atoms with E-state index in [9.17, 15) is 9.59 Å². The van der Waals surface area contributed by atoms with Crippen LogP contribution in [0, 0.1) is 13.8 Å². The molecule has 156 valence electrons. The lowest BCUT2D eigenvalue weighted by Crippen LogP contribution is -2.33. The van der Waals surface area contributed by atoms with Crippen LogP contribution in [0.5, 0.6) is 5.75 Å². The number of benzene rings is 1. The molecule has 2 aromatic heterocycles. The zero-order chi connectivity index (χ0) is 21.5. The molecule has 0 aliphatic rings. The molecule has 0 unspecified atom stereocenters. The molecule has 30 heavy (non-hydrogen) atoms. The Bertz CT molecular complexity index is 1060. The van der Waals surface area contributed by atoms with Crippen LogP contribution in [-0.2, 0) is 16.2 Å². The molecule has 0 fully saturated rings. The third-order valence-electron chi connectivity index (χ3n) is 4.02. The zero-order valence-corrected chi connectivity index (χ0v) is 17.7. The summed E-state index contributed by atoms with van der Waals surface area (Å²) in [6.45, 7) is 3.91. The van der Waals surface area contributed by atoms with Crippen molar-refractivity contribution in [3.8, 4) is 5.75 Å². The van der Waals surface area contributed by atoms with Crippen LogP contribution in [0.1, 0.15) is 22.0 Å². The van der Waals surface area contributed by atoms with Crippen LogP contribution in [-0.4, -0.2) is 40.4 Å². The minimum atomic E-state index is -0.366. The SMILES string of the molecule is Cc1cc(NC(=O)CN(C)C(=O)/C=C/c2ccccc2OCc2csc(C)n2)no1. The molecule has 8 nitrogen and oxygen atoms in total. The Morgan fingerprint density at radius 1 is 1.30 bits per heavy atom. The number of thiazole rings is 1. The van der Waals surface area contributed by atoms with Crippen molar-refractivity contribution in [1.29, 1.82) is 0 Å². The number of aromatic nitrogens is 2. The maximum absolute atomic E-state index is 12.4. The summed E-state index contributed by atoms with van der Waals surface area (Å²) in [6, 6.07) is 9.01. The first-order chi connectivity index (χ1) is 14.4. The van der Waals surface area contributed by atoms with Gasteiger partial charge in [0.1, 0.15) is 18.1 Å². The van der Waals surface area contributed by atoms with Crippen molar-refractivity contribution in [3.63, 3.8) is 0 Å². The van der Waals surface area contributed by atoms with E-state index in [2.05, 4.69) is 15.5 Å². The fourth-order valence-electron chi connectivity index (χ4n) is 2.57. The highest BCUT2D eigenvalue weighted by molar-refractivity contribution is 7.09. The lowest BCUT2D eigenvalue weighted by Gasteiger charge is -2.14. The maximum atomic E-state index is 12.4. The van der Waals surface area contributed by atoms with Crippen molar-refractivity contribution < 1.29 is 18.8 Å². The van der Waals surface area contributed by atoms with Crippen molar-refractivity contribution in [3.05, 3.63) is 63.8 Å². The minimum absolute atomic E-state index is 0.115. The molecule has 0 aliphatic heterocycles. The van der Waals surface area contributed by atoms with Gasteiger partial charge in [0.15, 0.2) is 5.82 Å². The molecular formula is C21H22N4O4S. The molecule has 0 spiro atoms. The van der Waals surface area contributed by atoms with E-state index in [1.54, 1.807) is 37.5 Å². The number of nitrogens with zero attached hydrogens (tertiary/aromatic N) is 3. The van der Waals surface area contributed by atoms with Crippen LogP contribution < -0.4 is 10.1 Å². The van der Waals surface area contributed by atoms with Crippen molar-refractivity contribution in [1.82, 2.24) is 15.0 Å². The summed E-state index contributed by atoms with van der Waals surface area (Å²) in [5.74, 6) is 0.869. The highest BCUT2D eigenvalue weighted by Gasteiger charge is 2.12. The summed E-state index contributed by atoms with van der Waals surface area (Å²) < 4.78 is 10.7. The highest BCUT2D eigenvalue weighted by Crippen LogP contribution is 2.21. The fourth-order valence-corrected chi connectivity index (χ4v) is 3.16. The molecule has 2 heterocycles. The third-order valence-corrected chi connectivity index (χ3v) is 4.84. The molecule has 0 aliphatic carbocycles. The van der Waals surface area contributed by atoms with Gasteiger partial charge in [-0.25, -0.2) is 4.98 Å². The van der Waals surface area contributed by atoms with Crippen LogP contribution >= 0.6 is 11.3 Å². The van der Waals surface area contributed by atoms with Crippen molar-refractivity contribution in [2.75, 3.05) is 18.9 Å². The second-order valence-corrected chi connectivity index (χ2v) is 7.65. The summed E-state index contributed by atoms with van der Waals surface area (Å²) in [5.41, 5.74) is 1.62. The largest absolute Gasteiger partial charge is 0.487 e. The standard InChI is InChI=1S/C21H22N4O4S/c1-14-10-19(24-29-14)23-20(26)11-25(3)21(27)9-8-16-6-4-5-7-18(16)28-12-17-13-30-15(2)22-17/h4-10,13H,11-12H2,1-3H3,(H,23,24,26)/b9-8+. The molecule has 0 radical (unpaired) electrons. The summed E-state index contributed by atoms with van der Waals surface area (Å²) in [7, 11) is 1.55. The van der Waals surface area contributed by atoms with Gasteiger partial charge in [-0.15, -0.1) is 11.3 Å². The van der Waals surface area contributed by atoms with E-state index in [1.807, 2.05) is 36.6 Å². The van der Waals surface area contributed by atoms with Crippen molar-refractivity contribution >= 4 is 35.0 Å². The summed E-state index contributed by atoms with van der Waals surface area (Å²) >= 11 is 1.57. The average Bonchev–Trinajstić information content (AvgIpc) is 3.32. The van der Waals surface area contributed by atoms with E-state index in [-0.39, 0.29) is 18.4 Å². The molecule has 3 aromatic rings. The number of para-hydroxylation sites is 1. The first-order valence-electron chi connectivity index (χ1n) is 9.20. The van der Waals surface area contributed by atoms with Gasteiger partial charge in [-0.1, -0.05) is 23.4 Å². The molecule has 0 saturated carbocycles. The first-order valence-corrected chi connectivity index (χ1v) is 10.1. The van der Waals surface area contributed by atoms with Gasteiger partial charge in [-0.2, -0.15) is 0 Å². The second-order valence-electron chi connectivity index (χ2n) is 6.58. The molecule has 1 aromatic carbocycles. The molecule has 1 N–H and O–H groups in total. The van der Waals surface area contributed by atoms with Crippen LogP contribution in [0.15, 0.2) is 46.3 Å². The zero-order valence-electron chi connectivity index (χ0n) is 16.9. The number of rotatable bonds is 8. The van der Waals surface area contributed by atoms with E-state index in [0.717, 1.165) is 16.3 Å². The van der Waals surface area contributed by atoms with Gasteiger partial charge in [-0.3, -0.25) is 9.59 Å². The normalized spacial score (nSPS) is 10.9. The van der Waals surface area contributed by atoms with Gasteiger partial charge in [0.2, 0.25) is 11.8 Å². The van der Waals surface area contributed by atoms with Crippen LogP contribution in [0.3, 0.4) is 0 Å². The molecule has 0 bridgehead atoms. The Morgan fingerprint density at radius 3 is 2.80 bits per heavy atom. The fraction of sp³-hybridized carbons (Fsp3) is 0.238. The lowest BCUT2D eigenvalue weighted by molar-refractivity contribution is -0.129. The van der Waals surface area contributed by atoms with Crippen molar-refractivity contribution in [2.24, 2.45) is 0 Å². The summed E-state index contributed by atoms with van der Waals surface area (Å²) in [5, 5.41) is 9.21. The first kappa shape index (κ1) is 21.3. The van der Waals surface area contributed by atoms with Gasteiger partial charge in [0.05, 0.1) is 17.2 Å². The molecular weight excluding hydrogens is 404 g/mol. The Hall–Kier alpha value is -3.46.